The number of ether oxygens (including phenoxy) is 1. The lowest BCUT2D eigenvalue weighted by Gasteiger charge is -2.07. The molecule has 116 valence electrons. The minimum Gasteiger partial charge on any atom is -0.462 e. The first-order chi connectivity index (χ1) is 10.4. The molecule has 0 atom stereocenters. The number of hydrogen-bond acceptors (Lipinski definition) is 4. The summed E-state index contributed by atoms with van der Waals surface area (Å²) in [5, 5.41) is 3.85. The smallest absolute Gasteiger partial charge is 0.341 e. The molecule has 0 aliphatic heterocycles. The maximum absolute atomic E-state index is 12.3. The lowest BCUT2D eigenvalue weighted by atomic mass is 10.1. The van der Waals surface area contributed by atoms with Crippen molar-refractivity contribution >= 4 is 39.8 Å². The van der Waals surface area contributed by atoms with Gasteiger partial charge in [0.15, 0.2) is 0 Å². The minimum absolute atomic E-state index is 0.288. The van der Waals surface area contributed by atoms with Crippen molar-refractivity contribution in [3.8, 4) is 0 Å². The van der Waals surface area contributed by atoms with Gasteiger partial charge in [0, 0.05) is 15.5 Å². The summed E-state index contributed by atoms with van der Waals surface area (Å²) in [6.45, 7) is 5.78. The van der Waals surface area contributed by atoms with Crippen molar-refractivity contribution in [1.29, 1.82) is 0 Å². The number of carbonyl (C=O) groups excluding carboxylic acids is 2. The molecular formula is C16H16ClNO3S. The van der Waals surface area contributed by atoms with Gasteiger partial charge in [0.25, 0.3) is 5.91 Å². The zero-order chi connectivity index (χ0) is 16.3. The van der Waals surface area contributed by atoms with E-state index in [0.717, 1.165) is 10.4 Å². The van der Waals surface area contributed by atoms with E-state index < -0.39 is 5.97 Å². The third-order valence-electron chi connectivity index (χ3n) is 3.20. The Labute approximate surface area is 138 Å². The Morgan fingerprint density at radius 2 is 1.86 bits per heavy atom. The van der Waals surface area contributed by atoms with Gasteiger partial charge < -0.3 is 10.1 Å². The molecular weight excluding hydrogens is 322 g/mol. The fourth-order valence-electron chi connectivity index (χ4n) is 1.94. The average Bonchev–Trinajstić information content (AvgIpc) is 2.74. The highest BCUT2D eigenvalue weighted by atomic mass is 35.5. The lowest BCUT2D eigenvalue weighted by Crippen LogP contribution is -2.14. The lowest BCUT2D eigenvalue weighted by molar-refractivity contribution is 0.0527. The fraction of sp³-hybridized carbons (Fsp3) is 0.250. The van der Waals surface area contributed by atoms with E-state index in [1.54, 1.807) is 31.2 Å². The maximum atomic E-state index is 12.3. The first kappa shape index (κ1) is 16.5. The van der Waals surface area contributed by atoms with Gasteiger partial charge in [-0.05, 0) is 50.6 Å². The summed E-state index contributed by atoms with van der Waals surface area (Å²) in [6, 6.07) is 6.56. The summed E-state index contributed by atoms with van der Waals surface area (Å²) in [7, 11) is 0. The van der Waals surface area contributed by atoms with Gasteiger partial charge in [0.05, 0.1) is 12.2 Å². The van der Waals surface area contributed by atoms with Crippen LogP contribution in [0.4, 0.5) is 5.00 Å². The highest BCUT2D eigenvalue weighted by molar-refractivity contribution is 7.16. The summed E-state index contributed by atoms with van der Waals surface area (Å²) < 4.78 is 5.06. The van der Waals surface area contributed by atoms with Crippen molar-refractivity contribution < 1.29 is 14.3 Å². The van der Waals surface area contributed by atoms with Crippen LogP contribution in [0.2, 0.25) is 5.02 Å². The number of hydrogen-bond donors (Lipinski definition) is 1. The van der Waals surface area contributed by atoms with Crippen molar-refractivity contribution in [3.63, 3.8) is 0 Å². The Kier molecular flexibility index (Phi) is 5.21. The van der Waals surface area contributed by atoms with Crippen LogP contribution in [-0.4, -0.2) is 18.5 Å². The summed E-state index contributed by atoms with van der Waals surface area (Å²) >= 11 is 7.17. The van der Waals surface area contributed by atoms with Gasteiger partial charge >= 0.3 is 5.97 Å². The van der Waals surface area contributed by atoms with Crippen molar-refractivity contribution in [3.05, 3.63) is 50.9 Å². The molecule has 2 rings (SSSR count). The molecule has 1 amide bonds. The highest BCUT2D eigenvalue weighted by Gasteiger charge is 2.22. The number of benzene rings is 1. The Bertz CT molecular complexity index is 707. The van der Waals surface area contributed by atoms with Crippen LogP contribution in [0.3, 0.4) is 0 Å². The molecule has 0 aliphatic rings. The normalized spacial score (nSPS) is 10.4. The number of anilines is 1. The molecule has 6 heteroatoms. The van der Waals surface area contributed by atoms with Gasteiger partial charge in [-0.25, -0.2) is 4.79 Å². The SMILES string of the molecule is CCOC(=O)c1c(NC(=O)c2ccc(Cl)cc2)sc(C)c1C. The zero-order valence-corrected chi connectivity index (χ0v) is 14.1. The molecule has 2 aromatic rings. The second-order valence-electron chi connectivity index (χ2n) is 4.67. The fourth-order valence-corrected chi connectivity index (χ4v) is 3.11. The van der Waals surface area contributed by atoms with E-state index in [1.807, 2.05) is 13.8 Å². The molecule has 0 unspecified atom stereocenters. The molecule has 1 heterocycles. The third kappa shape index (κ3) is 3.48. The van der Waals surface area contributed by atoms with E-state index >= 15 is 0 Å². The number of carbonyl (C=O) groups is 2. The van der Waals surface area contributed by atoms with Gasteiger partial charge in [0.1, 0.15) is 5.00 Å². The van der Waals surface area contributed by atoms with Crippen LogP contribution in [-0.2, 0) is 4.74 Å². The Balaban J connectivity index is 2.29. The predicted molar refractivity (Wildman–Crippen MR) is 89.2 cm³/mol. The molecule has 22 heavy (non-hydrogen) atoms. The molecule has 0 saturated heterocycles. The minimum atomic E-state index is -0.421. The monoisotopic (exact) mass is 337 g/mol. The Hall–Kier alpha value is -1.85. The number of nitrogens with one attached hydrogen (secondary N) is 1. The summed E-state index contributed by atoms with van der Waals surface area (Å²) in [5.41, 5.74) is 1.73. The molecule has 1 aromatic heterocycles. The number of halogens is 1. The largest absolute Gasteiger partial charge is 0.462 e. The average molecular weight is 338 g/mol. The number of thiophene rings is 1. The van der Waals surface area contributed by atoms with Gasteiger partial charge in [-0.15, -0.1) is 11.3 Å². The molecule has 0 bridgehead atoms. The summed E-state index contributed by atoms with van der Waals surface area (Å²) in [6.07, 6.45) is 0. The Morgan fingerprint density at radius 1 is 1.23 bits per heavy atom. The standard InChI is InChI=1S/C16H16ClNO3S/c1-4-21-16(20)13-9(2)10(3)22-15(13)18-14(19)11-5-7-12(17)8-6-11/h5-8H,4H2,1-3H3,(H,18,19). The van der Waals surface area contributed by atoms with Crippen molar-refractivity contribution in [1.82, 2.24) is 0 Å². The quantitative estimate of drug-likeness (QED) is 0.839. The maximum Gasteiger partial charge on any atom is 0.341 e. The first-order valence-corrected chi connectivity index (χ1v) is 7.97. The van der Waals surface area contributed by atoms with Crippen LogP contribution < -0.4 is 5.32 Å². The zero-order valence-electron chi connectivity index (χ0n) is 12.5. The van der Waals surface area contributed by atoms with E-state index in [-0.39, 0.29) is 12.5 Å². The number of rotatable bonds is 4. The molecule has 1 aromatic carbocycles. The van der Waals surface area contributed by atoms with Crippen molar-refractivity contribution in [2.45, 2.75) is 20.8 Å². The summed E-state index contributed by atoms with van der Waals surface area (Å²) in [4.78, 5) is 25.3. The van der Waals surface area contributed by atoms with Crippen LogP contribution in [0.15, 0.2) is 24.3 Å². The van der Waals surface area contributed by atoms with Gasteiger partial charge in [-0.3, -0.25) is 4.79 Å². The van der Waals surface area contributed by atoms with Crippen LogP contribution in [0.1, 0.15) is 38.1 Å². The van der Waals surface area contributed by atoms with Crippen molar-refractivity contribution in [2.75, 3.05) is 11.9 Å². The number of amides is 1. The second-order valence-corrected chi connectivity index (χ2v) is 6.33. The highest BCUT2D eigenvalue weighted by Crippen LogP contribution is 2.33. The number of esters is 1. The topological polar surface area (TPSA) is 55.4 Å². The van der Waals surface area contributed by atoms with E-state index in [0.29, 0.717) is 21.2 Å². The van der Waals surface area contributed by atoms with Gasteiger partial charge in [-0.1, -0.05) is 11.6 Å². The molecule has 0 fully saturated rings. The first-order valence-electron chi connectivity index (χ1n) is 6.78. The molecule has 4 nitrogen and oxygen atoms in total. The van der Waals surface area contributed by atoms with Crippen LogP contribution >= 0.6 is 22.9 Å². The Morgan fingerprint density at radius 3 is 2.45 bits per heavy atom. The molecule has 0 aliphatic carbocycles. The molecule has 0 saturated carbocycles. The molecule has 0 radical (unpaired) electrons. The van der Waals surface area contributed by atoms with Crippen molar-refractivity contribution in [2.24, 2.45) is 0 Å². The molecule has 0 spiro atoms. The van der Waals surface area contributed by atoms with E-state index in [9.17, 15) is 9.59 Å². The summed E-state index contributed by atoms with van der Waals surface area (Å²) in [5.74, 6) is -0.709. The second kappa shape index (κ2) is 6.94. The van der Waals surface area contributed by atoms with Gasteiger partial charge in [-0.2, -0.15) is 0 Å². The van der Waals surface area contributed by atoms with Crippen LogP contribution in [0.25, 0.3) is 0 Å². The van der Waals surface area contributed by atoms with E-state index in [1.165, 1.54) is 11.3 Å². The van der Waals surface area contributed by atoms with Crippen LogP contribution in [0, 0.1) is 13.8 Å². The van der Waals surface area contributed by atoms with Gasteiger partial charge in [0.2, 0.25) is 0 Å². The predicted octanol–water partition coefficient (Wildman–Crippen LogP) is 4.45. The number of aryl methyl sites for hydroxylation is 1. The van der Waals surface area contributed by atoms with Crippen LogP contribution in [0.5, 0.6) is 0 Å². The molecule has 1 N–H and O–H groups in total. The van der Waals surface area contributed by atoms with E-state index in [4.69, 9.17) is 16.3 Å². The third-order valence-corrected chi connectivity index (χ3v) is 4.57. The van der Waals surface area contributed by atoms with E-state index in [2.05, 4.69) is 5.32 Å².